The summed E-state index contributed by atoms with van der Waals surface area (Å²) in [6, 6.07) is 12.8. The van der Waals surface area contributed by atoms with Gasteiger partial charge in [0.05, 0.1) is 10.9 Å². The van der Waals surface area contributed by atoms with E-state index in [-0.39, 0.29) is 11.3 Å². The second kappa shape index (κ2) is 5.55. The van der Waals surface area contributed by atoms with Gasteiger partial charge in [0.1, 0.15) is 0 Å². The molecule has 0 atom stereocenters. The van der Waals surface area contributed by atoms with Gasteiger partial charge in [-0.2, -0.15) is 4.98 Å². The molecule has 1 amide bonds. The summed E-state index contributed by atoms with van der Waals surface area (Å²) < 4.78 is 1.54. The van der Waals surface area contributed by atoms with Crippen molar-refractivity contribution < 1.29 is 4.79 Å². The molecule has 0 radical (unpaired) electrons. The average molecular weight is 333 g/mol. The zero-order valence-electron chi connectivity index (χ0n) is 13.7. The summed E-state index contributed by atoms with van der Waals surface area (Å²) in [6.07, 6.45) is 0. The van der Waals surface area contributed by atoms with E-state index >= 15 is 0 Å². The van der Waals surface area contributed by atoms with Crippen molar-refractivity contribution in [2.24, 2.45) is 0 Å². The number of carbonyl (C=O) groups is 1. The largest absolute Gasteiger partial charge is 0.320 e. The van der Waals surface area contributed by atoms with E-state index < -0.39 is 11.5 Å². The van der Waals surface area contributed by atoms with Gasteiger partial charge in [-0.3, -0.25) is 9.59 Å². The second-order valence-electron chi connectivity index (χ2n) is 5.93. The summed E-state index contributed by atoms with van der Waals surface area (Å²) >= 11 is 0. The summed E-state index contributed by atoms with van der Waals surface area (Å²) in [5.41, 5.74) is 3.18. The molecule has 0 aliphatic heterocycles. The molecule has 0 bridgehead atoms. The zero-order valence-corrected chi connectivity index (χ0v) is 13.7. The highest BCUT2D eigenvalue weighted by Crippen LogP contribution is 2.18. The Morgan fingerprint density at radius 1 is 1.16 bits per heavy atom. The molecule has 2 heterocycles. The first kappa shape index (κ1) is 15.1. The van der Waals surface area contributed by atoms with Gasteiger partial charge in [0.2, 0.25) is 0 Å². The maximum atomic E-state index is 12.7. The van der Waals surface area contributed by atoms with Gasteiger partial charge in [-0.05, 0) is 43.2 Å². The zero-order chi connectivity index (χ0) is 17.6. The molecule has 2 aromatic heterocycles. The number of para-hydroxylation sites is 1. The van der Waals surface area contributed by atoms with Crippen LogP contribution < -0.4 is 10.9 Å². The number of carbonyl (C=O) groups excluding carboxylic acids is 1. The third-order valence-corrected chi connectivity index (χ3v) is 4.12. The van der Waals surface area contributed by atoms with Gasteiger partial charge < -0.3 is 5.32 Å². The van der Waals surface area contributed by atoms with Gasteiger partial charge in [0.25, 0.3) is 11.5 Å². The number of hydrogen-bond acceptors (Lipinski definition) is 4. The van der Waals surface area contributed by atoms with Crippen LogP contribution in [0.4, 0.5) is 5.69 Å². The van der Waals surface area contributed by atoms with Crippen molar-refractivity contribution in [2.45, 2.75) is 13.8 Å². The highest BCUT2D eigenvalue weighted by molar-refractivity contribution is 6.07. The summed E-state index contributed by atoms with van der Waals surface area (Å²) in [6.45, 7) is 3.86. The number of nitrogens with zero attached hydrogens (tertiary/aromatic N) is 3. The highest BCUT2D eigenvalue weighted by atomic mass is 16.2. The molecule has 4 rings (SSSR count). The third kappa shape index (κ3) is 2.46. The van der Waals surface area contributed by atoms with Crippen LogP contribution in [0.3, 0.4) is 0 Å². The molecule has 0 spiro atoms. The van der Waals surface area contributed by atoms with Crippen LogP contribution in [0.25, 0.3) is 16.6 Å². The highest BCUT2D eigenvalue weighted by Gasteiger charge is 2.18. The SMILES string of the molecule is Cc1ccc(C)c(NC(=O)c2n[nH]n3c2nc(=O)c2ccccc23)c1. The number of amides is 1. The lowest BCUT2D eigenvalue weighted by molar-refractivity contribution is 0.102. The average Bonchev–Trinajstić information content (AvgIpc) is 3.02. The van der Waals surface area contributed by atoms with Crippen molar-refractivity contribution in [2.75, 3.05) is 5.32 Å². The molecule has 2 aromatic carbocycles. The number of H-pyrrole nitrogens is 1. The molecule has 7 heteroatoms. The van der Waals surface area contributed by atoms with E-state index in [2.05, 4.69) is 20.6 Å². The lowest BCUT2D eigenvalue weighted by atomic mass is 10.1. The van der Waals surface area contributed by atoms with Crippen molar-refractivity contribution in [1.82, 2.24) is 19.8 Å². The molecule has 7 nitrogen and oxygen atoms in total. The van der Waals surface area contributed by atoms with E-state index in [0.717, 1.165) is 11.1 Å². The molecular weight excluding hydrogens is 318 g/mol. The van der Waals surface area contributed by atoms with E-state index in [1.54, 1.807) is 18.2 Å². The summed E-state index contributed by atoms with van der Waals surface area (Å²) in [5, 5.41) is 10.1. The van der Waals surface area contributed by atoms with Crippen molar-refractivity contribution in [3.05, 3.63) is 69.6 Å². The molecule has 25 heavy (non-hydrogen) atoms. The van der Waals surface area contributed by atoms with E-state index in [1.807, 2.05) is 38.1 Å². The van der Waals surface area contributed by atoms with Crippen LogP contribution in [0.15, 0.2) is 47.3 Å². The molecule has 0 fully saturated rings. The Morgan fingerprint density at radius 2 is 1.96 bits per heavy atom. The number of hydrogen-bond donors (Lipinski definition) is 2. The van der Waals surface area contributed by atoms with Crippen molar-refractivity contribution in [3.8, 4) is 0 Å². The number of benzene rings is 2. The lowest BCUT2D eigenvalue weighted by Gasteiger charge is -2.08. The number of aromatic amines is 1. The van der Waals surface area contributed by atoms with E-state index in [9.17, 15) is 9.59 Å². The molecule has 0 aliphatic carbocycles. The fourth-order valence-electron chi connectivity index (χ4n) is 2.78. The first-order valence-corrected chi connectivity index (χ1v) is 7.79. The lowest BCUT2D eigenvalue weighted by Crippen LogP contribution is -2.16. The van der Waals surface area contributed by atoms with Crippen molar-refractivity contribution in [1.29, 1.82) is 0 Å². The van der Waals surface area contributed by atoms with Crippen molar-refractivity contribution >= 4 is 28.1 Å². The molecule has 4 aromatic rings. The molecule has 0 saturated carbocycles. The van der Waals surface area contributed by atoms with Gasteiger partial charge in [-0.15, -0.1) is 5.10 Å². The number of aromatic nitrogens is 4. The first-order valence-electron chi connectivity index (χ1n) is 7.79. The monoisotopic (exact) mass is 333 g/mol. The number of anilines is 1. The standard InChI is InChI=1S/C18H15N5O2/c1-10-7-8-11(2)13(9-10)19-18(25)15-16-20-17(24)12-5-3-4-6-14(12)23(16)22-21-15/h3-9,22H,1-2H3,(H,19,25). The predicted octanol–water partition coefficient (Wildman–Crippen LogP) is 2.44. The number of rotatable bonds is 2. The van der Waals surface area contributed by atoms with Gasteiger partial charge >= 0.3 is 0 Å². The van der Waals surface area contributed by atoms with Crippen LogP contribution in [0, 0.1) is 13.8 Å². The molecule has 0 saturated heterocycles. The maximum Gasteiger partial charge on any atom is 0.281 e. The van der Waals surface area contributed by atoms with Crippen LogP contribution in [0.5, 0.6) is 0 Å². The molecule has 0 unspecified atom stereocenters. The molecule has 2 N–H and O–H groups in total. The van der Waals surface area contributed by atoms with Gasteiger partial charge in [-0.25, -0.2) is 9.73 Å². The smallest absolute Gasteiger partial charge is 0.281 e. The van der Waals surface area contributed by atoms with Gasteiger partial charge in [0, 0.05) is 5.69 Å². The fourth-order valence-corrected chi connectivity index (χ4v) is 2.78. The first-order chi connectivity index (χ1) is 12.0. The van der Waals surface area contributed by atoms with E-state index in [0.29, 0.717) is 16.6 Å². The fraction of sp³-hybridized carbons (Fsp3) is 0.111. The normalized spacial score (nSPS) is 11.1. The predicted molar refractivity (Wildman–Crippen MR) is 95.0 cm³/mol. The quantitative estimate of drug-likeness (QED) is 0.589. The maximum absolute atomic E-state index is 12.7. The van der Waals surface area contributed by atoms with E-state index in [4.69, 9.17) is 0 Å². The summed E-state index contributed by atoms with van der Waals surface area (Å²) in [5.74, 6) is -0.422. The van der Waals surface area contributed by atoms with Crippen LogP contribution in [0.2, 0.25) is 0 Å². The minimum Gasteiger partial charge on any atom is -0.320 e. The van der Waals surface area contributed by atoms with E-state index in [1.165, 1.54) is 4.52 Å². The Hall–Kier alpha value is -3.48. The second-order valence-corrected chi connectivity index (χ2v) is 5.93. The molecule has 124 valence electrons. The van der Waals surface area contributed by atoms with Crippen molar-refractivity contribution in [3.63, 3.8) is 0 Å². The molecule has 0 aliphatic rings. The number of nitrogens with one attached hydrogen (secondary N) is 2. The van der Waals surface area contributed by atoms with Crippen LogP contribution in [0.1, 0.15) is 21.6 Å². The topological polar surface area (TPSA) is 92.2 Å². The third-order valence-electron chi connectivity index (χ3n) is 4.12. The van der Waals surface area contributed by atoms with Crippen LogP contribution >= 0.6 is 0 Å². The van der Waals surface area contributed by atoms with Crippen LogP contribution in [-0.4, -0.2) is 25.7 Å². The minimum atomic E-state index is -0.422. The Kier molecular flexibility index (Phi) is 3.35. The Bertz CT molecular complexity index is 1190. The Labute approximate surface area is 142 Å². The summed E-state index contributed by atoms with van der Waals surface area (Å²) in [7, 11) is 0. The van der Waals surface area contributed by atoms with Crippen LogP contribution in [-0.2, 0) is 0 Å². The van der Waals surface area contributed by atoms with Gasteiger partial charge in [0.15, 0.2) is 11.3 Å². The number of fused-ring (bicyclic) bond motifs is 3. The minimum absolute atomic E-state index is 0.0729. The molecular formula is C18H15N5O2. The Morgan fingerprint density at radius 3 is 2.80 bits per heavy atom. The van der Waals surface area contributed by atoms with Gasteiger partial charge in [-0.1, -0.05) is 24.3 Å². The number of aryl methyl sites for hydroxylation is 2. The Balaban J connectivity index is 1.83. The summed E-state index contributed by atoms with van der Waals surface area (Å²) in [4.78, 5) is 28.9.